The van der Waals surface area contributed by atoms with Gasteiger partial charge in [-0.05, 0) is 43.4 Å². The van der Waals surface area contributed by atoms with Gasteiger partial charge in [0.2, 0.25) is 0 Å². The van der Waals surface area contributed by atoms with E-state index in [-0.39, 0.29) is 5.56 Å². The van der Waals surface area contributed by atoms with Gasteiger partial charge in [0.1, 0.15) is 5.60 Å². The number of carbonyl (C=O) groups excluding carboxylic acids is 1. The van der Waals surface area contributed by atoms with Crippen LogP contribution in [0, 0.1) is 0 Å². The molecule has 1 saturated carbocycles. The zero-order chi connectivity index (χ0) is 18.9. The summed E-state index contributed by atoms with van der Waals surface area (Å²) < 4.78 is 87.2. The van der Waals surface area contributed by atoms with Gasteiger partial charge in [-0.3, -0.25) is 4.79 Å². The maximum atomic E-state index is 12.5. The molecule has 0 saturated heterocycles. The van der Waals surface area contributed by atoms with E-state index in [2.05, 4.69) is 9.47 Å². The molecule has 1 aromatic carbocycles. The topological polar surface area (TPSA) is 44.8 Å². The van der Waals surface area contributed by atoms with Crippen LogP contribution in [0.25, 0.3) is 0 Å². The molecule has 0 radical (unpaired) electrons. The molecular formula is C15H14F6O4. The third-order valence-corrected chi connectivity index (χ3v) is 3.67. The van der Waals surface area contributed by atoms with Crippen LogP contribution in [-0.4, -0.2) is 18.7 Å². The molecule has 0 heterocycles. The number of carbonyl (C=O) groups is 1. The van der Waals surface area contributed by atoms with Crippen LogP contribution < -0.4 is 9.47 Å². The van der Waals surface area contributed by atoms with Gasteiger partial charge in [0.05, 0.1) is 0 Å². The van der Waals surface area contributed by atoms with Gasteiger partial charge in [-0.25, -0.2) is 0 Å². The molecule has 0 aromatic heterocycles. The van der Waals surface area contributed by atoms with Gasteiger partial charge in [0, 0.05) is 6.92 Å². The third-order valence-electron chi connectivity index (χ3n) is 3.67. The van der Waals surface area contributed by atoms with E-state index in [9.17, 15) is 31.1 Å². The Hall–Kier alpha value is -2.13. The lowest BCUT2D eigenvalue weighted by atomic mass is 9.91. The standard InChI is InChI=1S/C15H14F6O4/c1-9(22)23-13(6-2-3-7-13)10-4-5-11(24-14(16,17)18)12(8-10)25-15(19,20)21/h4-5,8H,2-3,6-7H2,1H3. The lowest BCUT2D eigenvalue weighted by Gasteiger charge is -2.30. The highest BCUT2D eigenvalue weighted by molar-refractivity contribution is 5.67. The van der Waals surface area contributed by atoms with Gasteiger partial charge in [-0.1, -0.05) is 6.07 Å². The number of benzene rings is 1. The molecule has 1 aliphatic rings. The fraction of sp³-hybridized carbons (Fsp3) is 0.533. The van der Waals surface area contributed by atoms with Crippen LogP contribution in [0.2, 0.25) is 0 Å². The van der Waals surface area contributed by atoms with E-state index in [1.54, 1.807) is 0 Å². The van der Waals surface area contributed by atoms with E-state index in [1.807, 2.05) is 0 Å². The second kappa shape index (κ2) is 6.64. The number of hydrogen-bond acceptors (Lipinski definition) is 4. The highest BCUT2D eigenvalue weighted by Gasteiger charge is 2.41. The summed E-state index contributed by atoms with van der Waals surface area (Å²) in [6.07, 6.45) is -8.40. The van der Waals surface area contributed by atoms with E-state index in [1.165, 1.54) is 0 Å². The highest BCUT2D eigenvalue weighted by atomic mass is 19.4. The van der Waals surface area contributed by atoms with Crippen molar-refractivity contribution in [1.29, 1.82) is 0 Å². The van der Waals surface area contributed by atoms with Gasteiger partial charge < -0.3 is 14.2 Å². The van der Waals surface area contributed by atoms with Crippen LogP contribution in [0.4, 0.5) is 26.3 Å². The van der Waals surface area contributed by atoms with Crippen molar-refractivity contribution in [3.8, 4) is 11.5 Å². The fourth-order valence-corrected chi connectivity index (χ4v) is 2.88. The Kier molecular flexibility index (Phi) is 5.10. The summed E-state index contributed by atoms with van der Waals surface area (Å²) in [7, 11) is 0. The first-order chi connectivity index (χ1) is 11.4. The predicted octanol–water partition coefficient (Wildman–Crippen LogP) is 4.82. The molecule has 0 unspecified atom stereocenters. The summed E-state index contributed by atoms with van der Waals surface area (Å²) in [6.45, 7) is 1.15. The molecule has 0 bridgehead atoms. The minimum Gasteiger partial charge on any atom is -0.454 e. The number of halogens is 6. The monoisotopic (exact) mass is 372 g/mol. The van der Waals surface area contributed by atoms with E-state index in [0.29, 0.717) is 31.7 Å². The van der Waals surface area contributed by atoms with Crippen molar-refractivity contribution in [2.75, 3.05) is 0 Å². The summed E-state index contributed by atoms with van der Waals surface area (Å²) in [5, 5.41) is 0. The Morgan fingerprint density at radius 3 is 1.96 bits per heavy atom. The number of esters is 1. The molecule has 0 amide bonds. The van der Waals surface area contributed by atoms with Crippen molar-refractivity contribution in [2.45, 2.75) is 50.9 Å². The quantitative estimate of drug-likeness (QED) is 0.562. The molecule has 0 spiro atoms. The first kappa shape index (κ1) is 19.2. The van der Waals surface area contributed by atoms with Crippen molar-refractivity contribution in [3.63, 3.8) is 0 Å². The van der Waals surface area contributed by atoms with Crippen molar-refractivity contribution in [3.05, 3.63) is 23.8 Å². The Morgan fingerprint density at radius 1 is 0.960 bits per heavy atom. The van der Waals surface area contributed by atoms with Crippen LogP contribution >= 0.6 is 0 Å². The Morgan fingerprint density at radius 2 is 1.48 bits per heavy atom. The Balaban J connectivity index is 2.46. The van der Waals surface area contributed by atoms with E-state index >= 15 is 0 Å². The Labute approximate surface area is 138 Å². The maximum absolute atomic E-state index is 12.5. The molecule has 0 atom stereocenters. The van der Waals surface area contributed by atoms with Gasteiger partial charge in [-0.15, -0.1) is 26.3 Å². The zero-order valence-corrected chi connectivity index (χ0v) is 13.0. The molecule has 0 aliphatic heterocycles. The molecule has 140 valence electrons. The van der Waals surface area contributed by atoms with Gasteiger partial charge in [0.15, 0.2) is 11.5 Å². The van der Waals surface area contributed by atoms with Crippen molar-refractivity contribution >= 4 is 5.97 Å². The van der Waals surface area contributed by atoms with E-state index in [4.69, 9.17) is 4.74 Å². The van der Waals surface area contributed by atoms with Crippen molar-refractivity contribution < 1.29 is 45.3 Å². The third kappa shape index (κ3) is 5.17. The smallest absolute Gasteiger partial charge is 0.454 e. The Bertz CT molecular complexity index is 632. The fourth-order valence-electron chi connectivity index (χ4n) is 2.88. The molecule has 4 nitrogen and oxygen atoms in total. The first-order valence-electron chi connectivity index (χ1n) is 7.26. The molecule has 1 fully saturated rings. The number of rotatable bonds is 4. The van der Waals surface area contributed by atoms with Crippen molar-refractivity contribution in [2.24, 2.45) is 0 Å². The minimum absolute atomic E-state index is 0.119. The summed E-state index contributed by atoms with van der Waals surface area (Å²) in [5.41, 5.74) is -1.07. The highest BCUT2D eigenvalue weighted by Crippen LogP contribution is 2.46. The largest absolute Gasteiger partial charge is 0.573 e. The van der Waals surface area contributed by atoms with Crippen LogP contribution in [0.1, 0.15) is 38.2 Å². The van der Waals surface area contributed by atoms with Crippen LogP contribution in [0.3, 0.4) is 0 Å². The lowest BCUT2D eigenvalue weighted by molar-refractivity contribution is -0.287. The summed E-state index contributed by atoms with van der Waals surface area (Å²) in [4.78, 5) is 11.3. The average molecular weight is 372 g/mol. The van der Waals surface area contributed by atoms with E-state index < -0.39 is 35.8 Å². The zero-order valence-electron chi connectivity index (χ0n) is 13.0. The minimum atomic E-state index is -5.22. The molecule has 1 aliphatic carbocycles. The molecule has 10 heteroatoms. The molecular weight excluding hydrogens is 358 g/mol. The SMILES string of the molecule is CC(=O)OC1(c2ccc(OC(F)(F)F)c(OC(F)(F)F)c2)CCCC1. The number of hydrogen-bond donors (Lipinski definition) is 0. The van der Waals surface area contributed by atoms with Crippen LogP contribution in [0.5, 0.6) is 11.5 Å². The van der Waals surface area contributed by atoms with E-state index in [0.717, 1.165) is 19.1 Å². The molecule has 1 aromatic rings. The summed E-state index contributed by atoms with van der Waals surface area (Å²) >= 11 is 0. The second-order valence-electron chi connectivity index (χ2n) is 5.55. The van der Waals surface area contributed by atoms with Crippen LogP contribution in [-0.2, 0) is 15.1 Å². The number of alkyl halides is 6. The summed E-state index contributed by atoms with van der Waals surface area (Å²) in [6, 6.07) is 2.62. The van der Waals surface area contributed by atoms with Gasteiger partial charge in [-0.2, -0.15) is 0 Å². The van der Waals surface area contributed by atoms with Crippen LogP contribution in [0.15, 0.2) is 18.2 Å². The van der Waals surface area contributed by atoms with Gasteiger partial charge in [0.25, 0.3) is 0 Å². The molecule has 2 rings (SSSR count). The lowest BCUT2D eigenvalue weighted by Crippen LogP contribution is -2.29. The maximum Gasteiger partial charge on any atom is 0.573 e. The average Bonchev–Trinajstić information content (AvgIpc) is 2.86. The first-order valence-corrected chi connectivity index (χ1v) is 7.26. The summed E-state index contributed by atoms with van der Waals surface area (Å²) in [5.74, 6) is -2.93. The molecule has 0 N–H and O–H groups in total. The normalized spacial score (nSPS) is 17.2. The van der Waals surface area contributed by atoms with Gasteiger partial charge >= 0.3 is 18.7 Å². The molecule has 25 heavy (non-hydrogen) atoms. The second-order valence-corrected chi connectivity index (χ2v) is 5.55. The number of ether oxygens (including phenoxy) is 3. The predicted molar refractivity (Wildman–Crippen MR) is 71.7 cm³/mol. The van der Waals surface area contributed by atoms with Crippen molar-refractivity contribution in [1.82, 2.24) is 0 Å².